The molecular formula is C18H19ClN4O3. The lowest BCUT2D eigenvalue weighted by atomic mass is 9.73. The van der Waals surface area contributed by atoms with Crippen LogP contribution in [0.3, 0.4) is 0 Å². The molecule has 26 heavy (non-hydrogen) atoms. The third kappa shape index (κ3) is 2.49. The van der Waals surface area contributed by atoms with Crippen LogP contribution in [-0.2, 0) is 4.74 Å². The van der Waals surface area contributed by atoms with E-state index in [-0.39, 0.29) is 17.6 Å². The Morgan fingerprint density at radius 1 is 1.42 bits per heavy atom. The monoisotopic (exact) mass is 374 g/mol. The van der Waals surface area contributed by atoms with Crippen molar-refractivity contribution in [1.29, 1.82) is 0 Å². The maximum absolute atomic E-state index is 12.2. The molecule has 5 heterocycles. The standard InChI is InChI=1S/C18H19ClN4O3/c19-11-6-21-17(22-7-11)23-9-13-12(14-3-4-18(13,10-23)26-14)8-20-16(24)15-2-1-5-25-15/h1-2,5-7,12-14H,3-4,8-10H2,(H,20,24)/t12-,13+,14+,18+/m0/s1. The summed E-state index contributed by atoms with van der Waals surface area (Å²) in [7, 11) is 0. The lowest BCUT2D eigenvalue weighted by Gasteiger charge is -2.29. The van der Waals surface area contributed by atoms with Gasteiger partial charge in [-0.3, -0.25) is 4.79 Å². The Morgan fingerprint density at radius 2 is 2.27 bits per heavy atom. The molecule has 3 aliphatic heterocycles. The summed E-state index contributed by atoms with van der Waals surface area (Å²) in [6, 6.07) is 3.38. The van der Waals surface area contributed by atoms with Crippen LogP contribution in [0.15, 0.2) is 35.2 Å². The number of carbonyl (C=O) groups is 1. The Morgan fingerprint density at radius 3 is 3.04 bits per heavy atom. The average molecular weight is 375 g/mol. The summed E-state index contributed by atoms with van der Waals surface area (Å²) in [5.41, 5.74) is -0.145. The summed E-state index contributed by atoms with van der Waals surface area (Å²) < 4.78 is 11.6. The van der Waals surface area contributed by atoms with Gasteiger partial charge in [0.2, 0.25) is 5.95 Å². The highest BCUT2D eigenvalue weighted by molar-refractivity contribution is 6.30. The van der Waals surface area contributed by atoms with Gasteiger partial charge in [0.25, 0.3) is 5.91 Å². The highest BCUT2D eigenvalue weighted by atomic mass is 35.5. The van der Waals surface area contributed by atoms with E-state index in [0.717, 1.165) is 25.9 Å². The lowest BCUT2D eigenvalue weighted by molar-refractivity contribution is 0.0141. The summed E-state index contributed by atoms with van der Waals surface area (Å²) in [6.07, 6.45) is 7.04. The zero-order chi connectivity index (χ0) is 17.7. The fourth-order valence-electron chi connectivity index (χ4n) is 4.79. The largest absolute Gasteiger partial charge is 0.459 e. The van der Waals surface area contributed by atoms with Crippen LogP contribution >= 0.6 is 11.6 Å². The quantitative estimate of drug-likeness (QED) is 0.883. The van der Waals surface area contributed by atoms with Crippen LogP contribution in [0.1, 0.15) is 23.4 Å². The molecule has 0 aromatic carbocycles. The first-order valence-electron chi connectivity index (χ1n) is 8.87. The van der Waals surface area contributed by atoms with Gasteiger partial charge >= 0.3 is 0 Å². The minimum absolute atomic E-state index is 0.145. The lowest BCUT2D eigenvalue weighted by Crippen LogP contribution is -2.41. The molecule has 0 saturated carbocycles. The topological polar surface area (TPSA) is 80.5 Å². The van der Waals surface area contributed by atoms with Crippen molar-refractivity contribution in [3.05, 3.63) is 41.6 Å². The number of ether oxygens (including phenoxy) is 1. The van der Waals surface area contributed by atoms with E-state index in [1.54, 1.807) is 24.5 Å². The van der Waals surface area contributed by atoms with E-state index in [9.17, 15) is 4.79 Å². The van der Waals surface area contributed by atoms with E-state index in [0.29, 0.717) is 35.1 Å². The number of carbonyl (C=O) groups excluding carboxylic acids is 1. The summed E-state index contributed by atoms with van der Waals surface area (Å²) in [5, 5.41) is 3.53. The van der Waals surface area contributed by atoms with Crippen LogP contribution in [0.5, 0.6) is 0 Å². The molecule has 3 aliphatic rings. The molecule has 2 aromatic rings. The van der Waals surface area contributed by atoms with Gasteiger partial charge in [-0.05, 0) is 25.0 Å². The van der Waals surface area contributed by atoms with Gasteiger partial charge < -0.3 is 19.4 Å². The second kappa shape index (κ2) is 5.96. The van der Waals surface area contributed by atoms with Gasteiger partial charge in [0.15, 0.2) is 5.76 Å². The van der Waals surface area contributed by atoms with Gasteiger partial charge in [0.05, 0.1) is 41.9 Å². The van der Waals surface area contributed by atoms with Crippen molar-refractivity contribution >= 4 is 23.5 Å². The second-order valence-corrected chi connectivity index (χ2v) is 7.74. The number of nitrogens with zero attached hydrogens (tertiary/aromatic N) is 3. The number of halogens is 1. The predicted molar refractivity (Wildman–Crippen MR) is 94.1 cm³/mol. The first-order chi connectivity index (χ1) is 12.6. The van der Waals surface area contributed by atoms with Crippen molar-refractivity contribution in [2.75, 3.05) is 24.5 Å². The van der Waals surface area contributed by atoms with E-state index in [1.807, 2.05) is 0 Å². The number of fused-ring (bicyclic) bond motifs is 1. The third-order valence-electron chi connectivity index (χ3n) is 5.92. The minimum Gasteiger partial charge on any atom is -0.459 e. The molecule has 3 saturated heterocycles. The molecule has 7 nitrogen and oxygen atoms in total. The molecule has 136 valence electrons. The number of amides is 1. The zero-order valence-corrected chi connectivity index (χ0v) is 14.9. The van der Waals surface area contributed by atoms with Crippen molar-refractivity contribution < 1.29 is 13.9 Å². The van der Waals surface area contributed by atoms with Gasteiger partial charge in [-0.1, -0.05) is 11.6 Å². The Kier molecular flexibility index (Phi) is 3.68. The number of rotatable bonds is 4. The molecule has 0 radical (unpaired) electrons. The molecule has 0 unspecified atom stereocenters. The van der Waals surface area contributed by atoms with Gasteiger partial charge in [0, 0.05) is 24.9 Å². The average Bonchev–Trinajstić information content (AvgIpc) is 3.40. The number of nitrogens with one attached hydrogen (secondary N) is 1. The number of furan rings is 1. The maximum Gasteiger partial charge on any atom is 0.286 e. The normalized spacial score (nSPS) is 32.0. The summed E-state index contributed by atoms with van der Waals surface area (Å²) >= 11 is 5.90. The Hall–Kier alpha value is -2.12. The van der Waals surface area contributed by atoms with Crippen molar-refractivity contribution in [3.8, 4) is 0 Å². The van der Waals surface area contributed by atoms with Crippen LogP contribution in [0.4, 0.5) is 5.95 Å². The Balaban J connectivity index is 1.30. The molecule has 1 spiro atoms. The highest BCUT2D eigenvalue weighted by Gasteiger charge is 2.63. The molecule has 2 aromatic heterocycles. The van der Waals surface area contributed by atoms with Gasteiger partial charge in [-0.15, -0.1) is 0 Å². The predicted octanol–water partition coefficient (Wildman–Crippen LogP) is 2.14. The number of anilines is 1. The van der Waals surface area contributed by atoms with E-state index in [2.05, 4.69) is 20.2 Å². The molecule has 2 bridgehead atoms. The SMILES string of the molecule is O=C(NC[C@H]1[C@H]2CN(c3ncc(Cl)cn3)C[C@]23CC[C@H]1O3)c1ccco1. The smallest absolute Gasteiger partial charge is 0.286 e. The number of hydrogen-bond donors (Lipinski definition) is 1. The summed E-state index contributed by atoms with van der Waals surface area (Å²) in [5.74, 6) is 1.50. The number of aromatic nitrogens is 2. The fraction of sp³-hybridized carbons (Fsp3) is 0.500. The molecule has 0 aliphatic carbocycles. The van der Waals surface area contributed by atoms with E-state index < -0.39 is 0 Å². The van der Waals surface area contributed by atoms with Gasteiger partial charge in [-0.2, -0.15) is 0 Å². The van der Waals surface area contributed by atoms with E-state index in [4.69, 9.17) is 20.8 Å². The first-order valence-corrected chi connectivity index (χ1v) is 9.24. The number of hydrogen-bond acceptors (Lipinski definition) is 6. The highest BCUT2D eigenvalue weighted by Crippen LogP contribution is 2.54. The molecule has 5 rings (SSSR count). The Labute approximate surface area is 155 Å². The molecule has 1 N–H and O–H groups in total. The van der Waals surface area contributed by atoms with Crippen LogP contribution in [-0.4, -0.2) is 47.2 Å². The van der Waals surface area contributed by atoms with Crippen LogP contribution < -0.4 is 10.2 Å². The van der Waals surface area contributed by atoms with Crippen LogP contribution in [0.25, 0.3) is 0 Å². The van der Waals surface area contributed by atoms with E-state index >= 15 is 0 Å². The Bertz CT molecular complexity index is 812. The van der Waals surface area contributed by atoms with Crippen molar-refractivity contribution in [3.63, 3.8) is 0 Å². The van der Waals surface area contributed by atoms with Crippen molar-refractivity contribution in [1.82, 2.24) is 15.3 Å². The van der Waals surface area contributed by atoms with Crippen molar-refractivity contribution in [2.24, 2.45) is 11.8 Å². The van der Waals surface area contributed by atoms with Crippen molar-refractivity contribution in [2.45, 2.75) is 24.5 Å². The molecule has 1 amide bonds. The summed E-state index contributed by atoms with van der Waals surface area (Å²) in [4.78, 5) is 23.0. The minimum atomic E-state index is -0.178. The third-order valence-corrected chi connectivity index (χ3v) is 6.11. The molecular weight excluding hydrogens is 356 g/mol. The van der Waals surface area contributed by atoms with Gasteiger partial charge in [-0.25, -0.2) is 9.97 Å². The zero-order valence-electron chi connectivity index (χ0n) is 14.1. The second-order valence-electron chi connectivity index (χ2n) is 7.30. The molecule has 8 heteroatoms. The van der Waals surface area contributed by atoms with E-state index in [1.165, 1.54) is 6.26 Å². The van der Waals surface area contributed by atoms with Gasteiger partial charge in [0.1, 0.15) is 0 Å². The van der Waals surface area contributed by atoms with Crippen LogP contribution in [0, 0.1) is 11.8 Å². The molecule has 3 fully saturated rings. The maximum atomic E-state index is 12.2. The fourth-order valence-corrected chi connectivity index (χ4v) is 4.89. The molecule has 4 atom stereocenters. The summed E-state index contributed by atoms with van der Waals surface area (Å²) in [6.45, 7) is 2.21. The van der Waals surface area contributed by atoms with Crippen LogP contribution in [0.2, 0.25) is 5.02 Å². The first kappa shape index (κ1) is 16.1.